The molecule has 4 aromatic rings. The fourth-order valence-electron chi connectivity index (χ4n) is 4.23. The number of fused-ring (bicyclic) bond motifs is 1. The van der Waals surface area contributed by atoms with E-state index in [2.05, 4.69) is 4.90 Å². The van der Waals surface area contributed by atoms with Crippen molar-refractivity contribution in [3.8, 4) is 11.3 Å². The average Bonchev–Trinajstić information content (AvgIpc) is 3.22. The first-order chi connectivity index (χ1) is 15.3. The van der Waals surface area contributed by atoms with Crippen molar-refractivity contribution in [3.05, 3.63) is 90.4 Å². The predicted octanol–water partition coefficient (Wildman–Crippen LogP) is 4.84. The molecule has 0 saturated carbocycles. The van der Waals surface area contributed by atoms with E-state index >= 15 is 0 Å². The minimum atomic E-state index is 0.0793. The molecule has 0 N–H and O–H groups in total. The molecule has 3 heterocycles. The molecule has 0 bridgehead atoms. The van der Waals surface area contributed by atoms with Crippen LogP contribution < -0.4 is 0 Å². The summed E-state index contributed by atoms with van der Waals surface area (Å²) in [6.45, 7) is 4.03. The number of carbonyl (C=O) groups excluding carboxylic acids is 1. The van der Waals surface area contributed by atoms with Crippen LogP contribution in [-0.2, 0) is 6.54 Å². The molecule has 0 unspecified atom stereocenters. The van der Waals surface area contributed by atoms with Crippen LogP contribution in [0.2, 0.25) is 0 Å². The van der Waals surface area contributed by atoms with Crippen LogP contribution in [0.5, 0.6) is 0 Å². The van der Waals surface area contributed by atoms with Gasteiger partial charge in [-0.15, -0.1) is 0 Å². The zero-order valence-corrected chi connectivity index (χ0v) is 17.4. The number of aromatic nitrogens is 1. The number of nitrogens with zero attached hydrogens (tertiary/aromatic N) is 3. The van der Waals surface area contributed by atoms with Gasteiger partial charge < -0.3 is 9.32 Å². The molecule has 1 aliphatic heterocycles. The molecule has 1 amide bonds. The molecule has 1 saturated heterocycles. The molecular formula is C26H25N3O2. The number of hydrogen-bond acceptors (Lipinski definition) is 4. The van der Waals surface area contributed by atoms with Crippen molar-refractivity contribution in [2.24, 2.45) is 0 Å². The molecule has 5 nitrogen and oxygen atoms in total. The van der Waals surface area contributed by atoms with Crippen LogP contribution in [0.1, 0.15) is 22.5 Å². The second-order valence-electron chi connectivity index (χ2n) is 7.94. The summed E-state index contributed by atoms with van der Waals surface area (Å²) < 4.78 is 5.49. The number of hydrogen-bond donors (Lipinski definition) is 0. The van der Waals surface area contributed by atoms with Crippen LogP contribution >= 0.6 is 0 Å². The number of benzene rings is 2. The van der Waals surface area contributed by atoms with Gasteiger partial charge in [0.05, 0.1) is 29.6 Å². The van der Waals surface area contributed by atoms with Gasteiger partial charge in [0.1, 0.15) is 5.76 Å². The summed E-state index contributed by atoms with van der Waals surface area (Å²) in [6, 6.07) is 23.8. The Balaban J connectivity index is 1.42. The maximum absolute atomic E-state index is 13.6. The molecular weight excluding hydrogens is 386 g/mol. The molecule has 1 fully saturated rings. The van der Waals surface area contributed by atoms with Gasteiger partial charge in [-0.3, -0.25) is 9.69 Å². The van der Waals surface area contributed by atoms with Crippen LogP contribution in [0.15, 0.2) is 83.5 Å². The Bertz CT molecular complexity index is 1170. The fourth-order valence-corrected chi connectivity index (χ4v) is 4.23. The lowest BCUT2D eigenvalue weighted by molar-refractivity contribution is 0.0762. The van der Waals surface area contributed by atoms with Crippen molar-refractivity contribution in [3.63, 3.8) is 0 Å². The second kappa shape index (κ2) is 8.74. The molecule has 5 heteroatoms. The van der Waals surface area contributed by atoms with E-state index < -0.39 is 0 Å². The van der Waals surface area contributed by atoms with E-state index in [1.807, 2.05) is 77.7 Å². The van der Waals surface area contributed by atoms with E-state index in [0.29, 0.717) is 6.54 Å². The summed E-state index contributed by atoms with van der Waals surface area (Å²) in [4.78, 5) is 22.8. The van der Waals surface area contributed by atoms with Gasteiger partial charge in [-0.2, -0.15) is 0 Å². The minimum Gasteiger partial charge on any atom is -0.468 e. The monoisotopic (exact) mass is 411 g/mol. The number of carbonyl (C=O) groups is 1. The molecule has 156 valence electrons. The Morgan fingerprint density at radius 3 is 2.58 bits per heavy atom. The Morgan fingerprint density at radius 2 is 1.74 bits per heavy atom. The summed E-state index contributed by atoms with van der Waals surface area (Å²) in [7, 11) is 0. The number of amides is 1. The SMILES string of the molecule is O=C(c1cc(-c2ccccc2)nc2ccccc12)N1CCCN(Cc2ccco2)CC1. The van der Waals surface area contributed by atoms with Crippen LogP contribution in [0.3, 0.4) is 0 Å². The first-order valence-electron chi connectivity index (χ1n) is 10.8. The van der Waals surface area contributed by atoms with Gasteiger partial charge in [-0.05, 0) is 30.7 Å². The van der Waals surface area contributed by atoms with Gasteiger partial charge >= 0.3 is 0 Å². The number of furan rings is 1. The van der Waals surface area contributed by atoms with E-state index in [4.69, 9.17) is 9.40 Å². The topological polar surface area (TPSA) is 49.6 Å². The van der Waals surface area contributed by atoms with Crippen molar-refractivity contribution in [1.82, 2.24) is 14.8 Å². The lowest BCUT2D eigenvalue weighted by Crippen LogP contribution is -2.35. The predicted molar refractivity (Wildman–Crippen MR) is 122 cm³/mol. The van der Waals surface area contributed by atoms with Gasteiger partial charge in [0.2, 0.25) is 0 Å². The standard InChI is InChI=1S/C26H25N3O2/c30-26(29-14-7-13-28(15-16-29)19-21-10-6-17-31-21)23-18-25(20-8-2-1-3-9-20)27-24-12-5-4-11-22(23)24/h1-6,8-12,17-18H,7,13-16,19H2. The molecule has 0 aliphatic carbocycles. The summed E-state index contributed by atoms with van der Waals surface area (Å²) in [5, 5.41) is 0.906. The Labute approximate surface area is 181 Å². The van der Waals surface area contributed by atoms with E-state index in [0.717, 1.165) is 66.1 Å². The zero-order valence-electron chi connectivity index (χ0n) is 17.4. The van der Waals surface area contributed by atoms with Crippen molar-refractivity contribution in [1.29, 1.82) is 0 Å². The fraction of sp³-hybridized carbons (Fsp3) is 0.231. The summed E-state index contributed by atoms with van der Waals surface area (Å²) in [6.07, 6.45) is 2.66. The summed E-state index contributed by atoms with van der Waals surface area (Å²) >= 11 is 0. The Hall–Kier alpha value is -3.44. The molecule has 0 radical (unpaired) electrons. The lowest BCUT2D eigenvalue weighted by Gasteiger charge is -2.22. The smallest absolute Gasteiger partial charge is 0.254 e. The molecule has 5 rings (SSSR count). The van der Waals surface area contributed by atoms with E-state index in [1.54, 1.807) is 6.26 Å². The highest BCUT2D eigenvalue weighted by Gasteiger charge is 2.23. The van der Waals surface area contributed by atoms with Crippen LogP contribution in [0, 0.1) is 0 Å². The molecule has 0 spiro atoms. The largest absolute Gasteiger partial charge is 0.468 e. The maximum Gasteiger partial charge on any atom is 0.254 e. The van der Waals surface area contributed by atoms with E-state index in [-0.39, 0.29) is 5.91 Å². The first kappa shape index (κ1) is 19.5. The number of para-hydroxylation sites is 1. The molecule has 0 atom stereocenters. The third-order valence-corrected chi connectivity index (χ3v) is 5.85. The van der Waals surface area contributed by atoms with Crippen molar-refractivity contribution < 1.29 is 9.21 Å². The highest BCUT2D eigenvalue weighted by atomic mass is 16.3. The van der Waals surface area contributed by atoms with Gasteiger partial charge in [0.25, 0.3) is 5.91 Å². The van der Waals surface area contributed by atoms with Gasteiger partial charge in [0, 0.05) is 37.1 Å². The zero-order chi connectivity index (χ0) is 21.0. The second-order valence-corrected chi connectivity index (χ2v) is 7.94. The molecule has 1 aliphatic rings. The number of pyridine rings is 1. The van der Waals surface area contributed by atoms with Crippen molar-refractivity contribution in [2.45, 2.75) is 13.0 Å². The average molecular weight is 412 g/mol. The highest BCUT2D eigenvalue weighted by molar-refractivity contribution is 6.07. The maximum atomic E-state index is 13.6. The minimum absolute atomic E-state index is 0.0793. The molecule has 2 aromatic carbocycles. The third-order valence-electron chi connectivity index (χ3n) is 5.85. The third kappa shape index (κ3) is 4.23. The quantitative estimate of drug-likeness (QED) is 0.482. The van der Waals surface area contributed by atoms with Crippen LogP contribution in [0.25, 0.3) is 22.2 Å². The Kier molecular flexibility index (Phi) is 5.50. The van der Waals surface area contributed by atoms with E-state index in [1.165, 1.54) is 0 Å². The van der Waals surface area contributed by atoms with Gasteiger partial charge in [0.15, 0.2) is 0 Å². The van der Waals surface area contributed by atoms with Crippen LogP contribution in [0.4, 0.5) is 0 Å². The normalized spacial score (nSPS) is 15.2. The van der Waals surface area contributed by atoms with E-state index in [9.17, 15) is 4.79 Å². The van der Waals surface area contributed by atoms with Crippen molar-refractivity contribution >= 4 is 16.8 Å². The number of rotatable bonds is 4. The summed E-state index contributed by atoms with van der Waals surface area (Å²) in [5.41, 5.74) is 3.42. The first-order valence-corrected chi connectivity index (χ1v) is 10.8. The lowest BCUT2D eigenvalue weighted by atomic mass is 10.0. The molecule has 2 aromatic heterocycles. The Morgan fingerprint density at radius 1 is 0.903 bits per heavy atom. The van der Waals surface area contributed by atoms with Crippen LogP contribution in [-0.4, -0.2) is 46.9 Å². The summed E-state index contributed by atoms with van der Waals surface area (Å²) in [5.74, 6) is 1.04. The van der Waals surface area contributed by atoms with Gasteiger partial charge in [-0.25, -0.2) is 4.98 Å². The van der Waals surface area contributed by atoms with Gasteiger partial charge in [-0.1, -0.05) is 48.5 Å². The van der Waals surface area contributed by atoms with Crippen molar-refractivity contribution in [2.75, 3.05) is 26.2 Å². The molecule has 31 heavy (non-hydrogen) atoms. The highest BCUT2D eigenvalue weighted by Crippen LogP contribution is 2.26.